The van der Waals surface area contributed by atoms with Crippen LogP contribution >= 0.6 is 0 Å². The zero-order valence-corrected chi connectivity index (χ0v) is 12.2. The highest BCUT2D eigenvalue weighted by Crippen LogP contribution is 2.29. The number of hydrogen-bond acceptors (Lipinski definition) is 4. The quantitative estimate of drug-likeness (QED) is 0.928. The summed E-state index contributed by atoms with van der Waals surface area (Å²) < 4.78 is 42.8. The zero-order valence-electron chi connectivity index (χ0n) is 12.2. The van der Waals surface area contributed by atoms with Crippen LogP contribution in [0, 0.1) is 0 Å². The summed E-state index contributed by atoms with van der Waals surface area (Å²) in [5.41, 5.74) is -0.788. The molecule has 118 valence electrons. The third-order valence-corrected chi connectivity index (χ3v) is 4.06. The summed E-state index contributed by atoms with van der Waals surface area (Å²) >= 11 is 0. The van der Waals surface area contributed by atoms with Gasteiger partial charge in [-0.15, -0.1) is 0 Å². The summed E-state index contributed by atoms with van der Waals surface area (Å²) in [7, 11) is 4.01. The van der Waals surface area contributed by atoms with E-state index >= 15 is 0 Å². The average molecular weight is 303 g/mol. The molecule has 0 unspecified atom stereocenters. The molecule has 0 amide bonds. The van der Waals surface area contributed by atoms with Crippen LogP contribution in [0.5, 0.6) is 0 Å². The molecule has 1 fully saturated rings. The van der Waals surface area contributed by atoms with E-state index in [2.05, 4.69) is 15.2 Å². The van der Waals surface area contributed by atoms with Gasteiger partial charge in [-0.25, -0.2) is 4.98 Å². The lowest BCUT2D eigenvalue weighted by Crippen LogP contribution is -2.53. The number of aromatic nitrogens is 1. The van der Waals surface area contributed by atoms with Crippen molar-refractivity contribution >= 4 is 5.82 Å². The van der Waals surface area contributed by atoms with Gasteiger partial charge >= 0.3 is 6.18 Å². The minimum absolute atomic E-state index is 0.0529. The lowest BCUT2D eigenvalue weighted by molar-refractivity contribution is -0.137. The van der Waals surface area contributed by atoms with Gasteiger partial charge < -0.3 is 15.0 Å². The molecule has 1 aromatic heterocycles. The molecule has 0 spiro atoms. The molecule has 2 heterocycles. The van der Waals surface area contributed by atoms with Gasteiger partial charge in [-0.1, -0.05) is 0 Å². The number of halogens is 3. The Bertz CT molecular complexity index is 454. The van der Waals surface area contributed by atoms with Gasteiger partial charge in [-0.2, -0.15) is 13.2 Å². The first-order valence-corrected chi connectivity index (χ1v) is 6.86. The Morgan fingerprint density at radius 1 is 1.29 bits per heavy atom. The van der Waals surface area contributed by atoms with Crippen LogP contribution in [0.3, 0.4) is 0 Å². The number of rotatable bonds is 4. The summed E-state index contributed by atoms with van der Waals surface area (Å²) in [4.78, 5) is 5.98. The van der Waals surface area contributed by atoms with Gasteiger partial charge in [-0.3, -0.25) is 0 Å². The maximum Gasteiger partial charge on any atom is 0.417 e. The molecule has 1 aliphatic rings. The van der Waals surface area contributed by atoms with Crippen LogP contribution < -0.4 is 5.32 Å². The lowest BCUT2D eigenvalue weighted by Gasteiger charge is -2.43. The van der Waals surface area contributed by atoms with E-state index < -0.39 is 11.7 Å². The van der Waals surface area contributed by atoms with Gasteiger partial charge in [-0.05, 0) is 39.1 Å². The molecule has 0 radical (unpaired) electrons. The Balaban J connectivity index is 2.01. The molecule has 21 heavy (non-hydrogen) atoms. The van der Waals surface area contributed by atoms with Crippen LogP contribution in [0.4, 0.5) is 19.0 Å². The van der Waals surface area contributed by atoms with Crippen LogP contribution in [0.2, 0.25) is 0 Å². The standard InChI is InChI=1S/C14H20F3N3O/c1-20(2)13(5-7-21-8-6-13)10-19-12-4-3-11(9-18-12)14(15,16)17/h3-4,9H,5-8,10H2,1-2H3,(H,18,19). The highest BCUT2D eigenvalue weighted by Gasteiger charge is 2.35. The normalized spacial score (nSPS) is 18.8. The van der Waals surface area contributed by atoms with Gasteiger partial charge in [0, 0.05) is 31.5 Å². The van der Waals surface area contributed by atoms with Crippen LogP contribution in [-0.2, 0) is 10.9 Å². The van der Waals surface area contributed by atoms with Gasteiger partial charge in [0.2, 0.25) is 0 Å². The van der Waals surface area contributed by atoms with E-state index in [4.69, 9.17) is 4.74 Å². The smallest absolute Gasteiger partial charge is 0.381 e. The molecule has 0 bridgehead atoms. The van der Waals surface area contributed by atoms with Gasteiger partial charge in [0.1, 0.15) is 5.82 Å². The predicted molar refractivity (Wildman–Crippen MR) is 74.2 cm³/mol. The van der Waals surface area contributed by atoms with E-state index in [1.807, 2.05) is 14.1 Å². The van der Waals surface area contributed by atoms with Crippen molar-refractivity contribution in [3.05, 3.63) is 23.9 Å². The van der Waals surface area contributed by atoms with Crippen molar-refractivity contribution in [2.24, 2.45) is 0 Å². The number of nitrogens with zero attached hydrogens (tertiary/aromatic N) is 2. The van der Waals surface area contributed by atoms with E-state index in [9.17, 15) is 13.2 Å². The van der Waals surface area contributed by atoms with Gasteiger partial charge in [0.15, 0.2) is 0 Å². The maximum atomic E-state index is 12.5. The topological polar surface area (TPSA) is 37.4 Å². The predicted octanol–water partition coefficient (Wildman–Crippen LogP) is 2.62. The third kappa shape index (κ3) is 3.85. The third-order valence-electron chi connectivity index (χ3n) is 4.06. The lowest BCUT2D eigenvalue weighted by atomic mass is 9.88. The summed E-state index contributed by atoms with van der Waals surface area (Å²) in [5, 5.41) is 3.14. The fraction of sp³-hybridized carbons (Fsp3) is 0.643. The van der Waals surface area contributed by atoms with E-state index in [0.717, 1.165) is 25.1 Å². The fourth-order valence-electron chi connectivity index (χ4n) is 2.45. The number of nitrogens with one attached hydrogen (secondary N) is 1. The van der Waals surface area contributed by atoms with Crippen molar-refractivity contribution in [3.8, 4) is 0 Å². The van der Waals surface area contributed by atoms with Crippen molar-refractivity contribution in [1.82, 2.24) is 9.88 Å². The fourth-order valence-corrected chi connectivity index (χ4v) is 2.45. The van der Waals surface area contributed by atoms with Gasteiger partial charge in [0.25, 0.3) is 0 Å². The zero-order chi connectivity index (χ0) is 15.5. The Morgan fingerprint density at radius 2 is 1.95 bits per heavy atom. The minimum Gasteiger partial charge on any atom is -0.381 e. The van der Waals surface area contributed by atoms with Crippen LogP contribution in [0.15, 0.2) is 18.3 Å². The maximum absolute atomic E-state index is 12.5. The molecular formula is C14H20F3N3O. The minimum atomic E-state index is -4.35. The average Bonchev–Trinajstić information content (AvgIpc) is 2.45. The molecule has 0 atom stereocenters. The second-order valence-corrected chi connectivity index (χ2v) is 5.51. The number of pyridine rings is 1. The molecule has 4 nitrogen and oxygen atoms in total. The molecule has 1 saturated heterocycles. The Kier molecular flexibility index (Phi) is 4.73. The van der Waals surface area contributed by atoms with Crippen LogP contribution in [0.1, 0.15) is 18.4 Å². The number of hydrogen-bond donors (Lipinski definition) is 1. The molecule has 1 aromatic rings. The first kappa shape index (κ1) is 16.0. The van der Waals surface area contributed by atoms with Crippen LogP contribution in [0.25, 0.3) is 0 Å². The molecule has 0 aliphatic carbocycles. The number of ether oxygens (including phenoxy) is 1. The summed E-state index contributed by atoms with van der Waals surface area (Å²) in [6, 6.07) is 2.41. The van der Waals surface area contributed by atoms with Crippen molar-refractivity contribution < 1.29 is 17.9 Å². The summed E-state index contributed by atoms with van der Waals surface area (Å²) in [6.07, 6.45) is -1.73. The molecule has 7 heteroatoms. The van der Waals surface area contributed by atoms with E-state index in [0.29, 0.717) is 25.6 Å². The second kappa shape index (κ2) is 6.19. The largest absolute Gasteiger partial charge is 0.417 e. The highest BCUT2D eigenvalue weighted by molar-refractivity contribution is 5.36. The van der Waals surface area contributed by atoms with Crippen molar-refractivity contribution in [2.75, 3.05) is 39.2 Å². The van der Waals surface area contributed by atoms with E-state index in [1.54, 1.807) is 0 Å². The van der Waals surface area contributed by atoms with Gasteiger partial charge in [0.05, 0.1) is 5.56 Å². The van der Waals surface area contributed by atoms with E-state index in [1.165, 1.54) is 6.07 Å². The molecule has 2 rings (SSSR count). The molecule has 0 saturated carbocycles. The molecule has 0 aromatic carbocycles. The molecular weight excluding hydrogens is 283 g/mol. The Morgan fingerprint density at radius 3 is 2.43 bits per heavy atom. The summed E-state index contributed by atoms with van der Waals surface area (Å²) in [5.74, 6) is 0.454. The highest BCUT2D eigenvalue weighted by atomic mass is 19.4. The molecule has 1 aliphatic heterocycles. The Hall–Kier alpha value is -1.34. The SMILES string of the molecule is CN(C)C1(CNc2ccc(C(F)(F)F)cn2)CCOCC1. The van der Waals surface area contributed by atoms with Crippen LogP contribution in [-0.4, -0.2) is 49.3 Å². The number of alkyl halides is 3. The van der Waals surface area contributed by atoms with E-state index in [-0.39, 0.29) is 5.54 Å². The first-order chi connectivity index (χ1) is 9.83. The second-order valence-electron chi connectivity index (χ2n) is 5.51. The number of anilines is 1. The number of likely N-dealkylation sites (N-methyl/N-ethyl adjacent to an activating group) is 1. The molecule has 1 N–H and O–H groups in total. The van der Waals surface area contributed by atoms with Crippen molar-refractivity contribution in [3.63, 3.8) is 0 Å². The first-order valence-electron chi connectivity index (χ1n) is 6.86. The monoisotopic (exact) mass is 303 g/mol. The van der Waals surface area contributed by atoms with Crippen molar-refractivity contribution in [1.29, 1.82) is 0 Å². The summed E-state index contributed by atoms with van der Waals surface area (Å²) in [6.45, 7) is 2.02. The Labute approximate surface area is 122 Å². The van der Waals surface area contributed by atoms with Crippen molar-refractivity contribution in [2.45, 2.75) is 24.6 Å².